The average Bonchev–Trinajstić information content (AvgIpc) is 3.26. The Bertz CT molecular complexity index is 972. The van der Waals surface area contributed by atoms with Crippen molar-refractivity contribution in [2.45, 2.75) is 59.2 Å². The molecule has 1 aliphatic carbocycles. The first-order chi connectivity index (χ1) is 12.7. The standard InChI is InChI=1S/C23H26O3S/c1-6-25-19(24)17-14-27-18-13-15(7-8-16(17)18)9-10-23-20(26-23)21(2,3)11-12-22(23,4)5/h7-8,13-14,20H,6,11-12H2,1-5H3. The van der Waals surface area contributed by atoms with Gasteiger partial charge in [0.2, 0.25) is 0 Å². The van der Waals surface area contributed by atoms with E-state index in [9.17, 15) is 4.79 Å². The van der Waals surface area contributed by atoms with Crippen LogP contribution in [0.5, 0.6) is 0 Å². The number of carbonyl (C=O) groups is 1. The number of ether oxygens (including phenoxy) is 2. The zero-order valence-electron chi connectivity index (χ0n) is 16.6. The van der Waals surface area contributed by atoms with Gasteiger partial charge in [0.05, 0.1) is 12.2 Å². The third-order valence-electron chi connectivity index (χ3n) is 6.19. The summed E-state index contributed by atoms with van der Waals surface area (Å²) >= 11 is 1.55. The van der Waals surface area contributed by atoms with Crippen molar-refractivity contribution in [1.29, 1.82) is 0 Å². The van der Waals surface area contributed by atoms with Crippen molar-refractivity contribution in [3.8, 4) is 11.8 Å². The molecule has 0 spiro atoms. The molecule has 0 amide bonds. The Morgan fingerprint density at radius 3 is 2.81 bits per heavy atom. The molecule has 0 bridgehead atoms. The third-order valence-corrected chi connectivity index (χ3v) is 7.13. The van der Waals surface area contributed by atoms with E-state index in [0.717, 1.165) is 22.1 Å². The van der Waals surface area contributed by atoms with Crippen LogP contribution in [0.1, 0.15) is 63.4 Å². The zero-order chi connectivity index (χ0) is 19.4. The Kier molecular flexibility index (Phi) is 4.18. The van der Waals surface area contributed by atoms with E-state index < -0.39 is 0 Å². The molecule has 0 N–H and O–H groups in total. The molecule has 2 atom stereocenters. The van der Waals surface area contributed by atoms with E-state index in [1.54, 1.807) is 11.3 Å². The first kappa shape index (κ1) is 18.5. The Hall–Kier alpha value is -1.83. The van der Waals surface area contributed by atoms with Gasteiger partial charge in [0.1, 0.15) is 6.10 Å². The third kappa shape index (κ3) is 2.88. The van der Waals surface area contributed by atoms with Crippen LogP contribution in [0.2, 0.25) is 0 Å². The smallest absolute Gasteiger partial charge is 0.339 e. The average molecular weight is 383 g/mol. The van der Waals surface area contributed by atoms with Crippen molar-refractivity contribution in [3.05, 3.63) is 34.7 Å². The Morgan fingerprint density at radius 1 is 1.30 bits per heavy atom. The van der Waals surface area contributed by atoms with Crippen molar-refractivity contribution >= 4 is 27.4 Å². The molecule has 2 aliphatic rings. The van der Waals surface area contributed by atoms with E-state index in [4.69, 9.17) is 9.47 Å². The number of hydrogen-bond acceptors (Lipinski definition) is 4. The summed E-state index contributed by atoms with van der Waals surface area (Å²) in [6.07, 6.45) is 2.51. The van der Waals surface area contributed by atoms with Crippen LogP contribution in [0.15, 0.2) is 23.6 Å². The molecule has 0 radical (unpaired) electrons. The van der Waals surface area contributed by atoms with Gasteiger partial charge in [-0.25, -0.2) is 4.79 Å². The van der Waals surface area contributed by atoms with E-state index in [2.05, 4.69) is 45.6 Å². The van der Waals surface area contributed by atoms with Crippen molar-refractivity contribution in [2.24, 2.45) is 10.8 Å². The zero-order valence-corrected chi connectivity index (χ0v) is 17.5. The number of benzene rings is 1. The summed E-state index contributed by atoms with van der Waals surface area (Å²) in [7, 11) is 0. The number of esters is 1. The lowest BCUT2D eigenvalue weighted by Crippen LogP contribution is -2.43. The monoisotopic (exact) mass is 382 g/mol. The van der Waals surface area contributed by atoms with Crippen molar-refractivity contribution in [2.75, 3.05) is 6.61 Å². The van der Waals surface area contributed by atoms with Gasteiger partial charge in [0.25, 0.3) is 0 Å². The maximum Gasteiger partial charge on any atom is 0.339 e. The Morgan fingerprint density at radius 2 is 2.07 bits per heavy atom. The fourth-order valence-corrected chi connectivity index (χ4v) is 5.20. The lowest BCUT2D eigenvalue weighted by molar-refractivity contribution is 0.0529. The molecule has 2 heterocycles. The molecule has 142 valence electrons. The number of carbonyl (C=O) groups excluding carboxylic acids is 1. The molecule has 1 aromatic heterocycles. The fraction of sp³-hybridized carbons (Fsp3) is 0.522. The summed E-state index contributed by atoms with van der Waals surface area (Å²) in [6.45, 7) is 11.3. The summed E-state index contributed by atoms with van der Waals surface area (Å²) in [6, 6.07) is 6.02. The summed E-state index contributed by atoms with van der Waals surface area (Å²) in [5.74, 6) is 6.59. The van der Waals surface area contributed by atoms with E-state index >= 15 is 0 Å². The molecule has 1 saturated carbocycles. The van der Waals surface area contributed by atoms with E-state index in [-0.39, 0.29) is 28.5 Å². The Balaban J connectivity index is 1.65. The van der Waals surface area contributed by atoms with Gasteiger partial charge in [-0.2, -0.15) is 0 Å². The molecule has 2 aromatic rings. The van der Waals surface area contributed by atoms with Crippen molar-refractivity contribution in [1.82, 2.24) is 0 Å². The first-order valence-corrected chi connectivity index (χ1v) is 10.5. The highest BCUT2D eigenvalue weighted by atomic mass is 32.1. The topological polar surface area (TPSA) is 38.8 Å². The molecule has 27 heavy (non-hydrogen) atoms. The van der Waals surface area contributed by atoms with Gasteiger partial charge in [-0.05, 0) is 37.3 Å². The second-order valence-electron chi connectivity index (χ2n) is 8.94. The van der Waals surface area contributed by atoms with Crippen LogP contribution in [-0.4, -0.2) is 24.3 Å². The SMILES string of the molecule is CCOC(=O)c1csc2cc(C#CC34OC3C(C)(C)CCC4(C)C)ccc12. The number of thiophene rings is 1. The minimum absolute atomic E-state index is 0.0598. The molecular formula is C23H26O3S. The van der Waals surface area contributed by atoms with Crippen molar-refractivity contribution in [3.63, 3.8) is 0 Å². The highest BCUT2D eigenvalue weighted by Crippen LogP contribution is 2.63. The molecule has 4 rings (SSSR count). The van der Waals surface area contributed by atoms with Gasteiger partial charge >= 0.3 is 5.97 Å². The maximum absolute atomic E-state index is 12.1. The summed E-state index contributed by atoms with van der Waals surface area (Å²) in [5.41, 5.74) is 1.49. The van der Waals surface area contributed by atoms with E-state index in [0.29, 0.717) is 12.2 Å². The number of fused-ring (bicyclic) bond motifs is 2. The molecule has 2 fully saturated rings. The van der Waals surface area contributed by atoms with Gasteiger partial charge in [-0.3, -0.25) is 0 Å². The molecular weight excluding hydrogens is 356 g/mol. The predicted octanol–water partition coefficient (Wildman–Crippen LogP) is 5.41. The molecule has 1 aromatic carbocycles. The molecule has 2 unspecified atom stereocenters. The first-order valence-electron chi connectivity index (χ1n) is 9.59. The minimum atomic E-state index is -0.338. The van der Waals surface area contributed by atoms with Crippen LogP contribution in [0.25, 0.3) is 10.1 Å². The normalized spacial score (nSPS) is 27.4. The lowest BCUT2D eigenvalue weighted by Gasteiger charge is -2.39. The largest absolute Gasteiger partial charge is 0.462 e. The number of epoxide rings is 1. The quantitative estimate of drug-likeness (QED) is 0.396. The maximum atomic E-state index is 12.1. The number of rotatable bonds is 2. The van der Waals surface area contributed by atoms with Crippen LogP contribution in [-0.2, 0) is 9.47 Å². The van der Waals surface area contributed by atoms with Gasteiger partial charge in [0.15, 0.2) is 5.60 Å². The van der Waals surface area contributed by atoms with Crippen LogP contribution in [0.3, 0.4) is 0 Å². The molecule has 1 saturated heterocycles. The van der Waals surface area contributed by atoms with E-state index in [1.807, 2.05) is 24.4 Å². The minimum Gasteiger partial charge on any atom is -0.462 e. The Labute approximate surface area is 165 Å². The van der Waals surface area contributed by atoms with Gasteiger partial charge in [-0.1, -0.05) is 45.6 Å². The van der Waals surface area contributed by atoms with Gasteiger partial charge in [-0.15, -0.1) is 11.3 Å². The van der Waals surface area contributed by atoms with Crippen LogP contribution in [0, 0.1) is 22.7 Å². The number of hydrogen-bond donors (Lipinski definition) is 0. The molecule has 3 nitrogen and oxygen atoms in total. The van der Waals surface area contributed by atoms with Gasteiger partial charge in [0, 0.05) is 26.4 Å². The molecule has 1 aliphatic heterocycles. The summed E-state index contributed by atoms with van der Waals surface area (Å²) in [4.78, 5) is 12.1. The van der Waals surface area contributed by atoms with Crippen LogP contribution >= 0.6 is 11.3 Å². The van der Waals surface area contributed by atoms with Crippen molar-refractivity contribution < 1.29 is 14.3 Å². The van der Waals surface area contributed by atoms with Crippen LogP contribution in [0.4, 0.5) is 0 Å². The van der Waals surface area contributed by atoms with Crippen LogP contribution < -0.4 is 0 Å². The van der Waals surface area contributed by atoms with Gasteiger partial charge < -0.3 is 9.47 Å². The molecule has 4 heteroatoms. The highest BCUT2D eigenvalue weighted by Gasteiger charge is 2.71. The lowest BCUT2D eigenvalue weighted by atomic mass is 9.61. The highest BCUT2D eigenvalue weighted by molar-refractivity contribution is 7.17. The predicted molar refractivity (Wildman–Crippen MR) is 109 cm³/mol. The summed E-state index contributed by atoms with van der Waals surface area (Å²) in [5, 5.41) is 2.80. The fourth-order valence-electron chi connectivity index (χ4n) is 4.23. The van der Waals surface area contributed by atoms with E-state index in [1.165, 1.54) is 6.42 Å². The second kappa shape index (κ2) is 6.09. The summed E-state index contributed by atoms with van der Waals surface area (Å²) < 4.78 is 12.4. The second-order valence-corrected chi connectivity index (χ2v) is 9.85.